The third kappa shape index (κ3) is 1.11. The van der Waals surface area contributed by atoms with Crippen molar-refractivity contribution in [3.8, 4) is 11.3 Å². The Labute approximate surface area is 90.6 Å². The summed E-state index contributed by atoms with van der Waals surface area (Å²) in [4.78, 5) is 7.52. The van der Waals surface area contributed by atoms with Crippen molar-refractivity contribution in [2.75, 3.05) is 12.4 Å². The SMILES string of the molecule is CNc1nc2c(s1)CCc1sccc1-2. The Morgan fingerprint density at radius 3 is 3.07 bits per heavy atom. The fraction of sp³-hybridized carbons (Fsp3) is 0.300. The molecule has 0 aromatic carbocycles. The van der Waals surface area contributed by atoms with E-state index in [-0.39, 0.29) is 0 Å². The lowest BCUT2D eigenvalue weighted by Gasteiger charge is -2.08. The number of anilines is 1. The van der Waals surface area contributed by atoms with E-state index in [1.165, 1.54) is 27.4 Å². The second kappa shape index (κ2) is 3.07. The van der Waals surface area contributed by atoms with E-state index in [0.29, 0.717) is 0 Å². The Morgan fingerprint density at radius 2 is 2.21 bits per heavy atom. The van der Waals surface area contributed by atoms with Crippen LogP contribution in [0.1, 0.15) is 9.75 Å². The number of aromatic nitrogens is 1. The van der Waals surface area contributed by atoms with Gasteiger partial charge in [0.05, 0.1) is 5.69 Å². The molecule has 3 rings (SSSR count). The van der Waals surface area contributed by atoms with E-state index < -0.39 is 0 Å². The third-order valence-electron chi connectivity index (χ3n) is 2.49. The molecule has 0 spiro atoms. The van der Waals surface area contributed by atoms with E-state index in [1.54, 1.807) is 11.3 Å². The maximum Gasteiger partial charge on any atom is 0.183 e. The summed E-state index contributed by atoms with van der Waals surface area (Å²) in [5, 5.41) is 6.32. The number of hydrogen-bond donors (Lipinski definition) is 1. The zero-order valence-electron chi connectivity index (χ0n) is 7.83. The summed E-state index contributed by atoms with van der Waals surface area (Å²) in [5.41, 5.74) is 2.57. The van der Waals surface area contributed by atoms with Gasteiger partial charge in [0, 0.05) is 22.4 Å². The van der Waals surface area contributed by atoms with Gasteiger partial charge in [0.1, 0.15) is 0 Å². The van der Waals surface area contributed by atoms with Crippen molar-refractivity contribution in [1.29, 1.82) is 0 Å². The molecule has 14 heavy (non-hydrogen) atoms. The number of thiophene rings is 1. The van der Waals surface area contributed by atoms with Crippen molar-refractivity contribution in [2.45, 2.75) is 12.8 Å². The summed E-state index contributed by atoms with van der Waals surface area (Å²) in [6, 6.07) is 2.19. The average Bonchev–Trinajstić information content (AvgIpc) is 2.82. The molecule has 2 aromatic rings. The summed E-state index contributed by atoms with van der Waals surface area (Å²) < 4.78 is 0. The number of fused-ring (bicyclic) bond motifs is 3. The van der Waals surface area contributed by atoms with Gasteiger partial charge in [-0.25, -0.2) is 4.98 Å². The Bertz CT molecular complexity index is 470. The van der Waals surface area contributed by atoms with Crippen LogP contribution in [0.2, 0.25) is 0 Å². The molecule has 1 N–H and O–H groups in total. The zero-order valence-corrected chi connectivity index (χ0v) is 9.47. The largest absolute Gasteiger partial charge is 0.365 e. The van der Waals surface area contributed by atoms with Gasteiger partial charge in [-0.05, 0) is 24.3 Å². The van der Waals surface area contributed by atoms with Crippen LogP contribution in [-0.4, -0.2) is 12.0 Å². The zero-order chi connectivity index (χ0) is 9.54. The van der Waals surface area contributed by atoms with Crippen LogP contribution < -0.4 is 5.32 Å². The summed E-state index contributed by atoms with van der Waals surface area (Å²) in [6.07, 6.45) is 2.34. The van der Waals surface area contributed by atoms with Crippen LogP contribution in [0, 0.1) is 0 Å². The molecule has 0 saturated heterocycles. The molecule has 2 nitrogen and oxygen atoms in total. The summed E-state index contributed by atoms with van der Waals surface area (Å²) in [6.45, 7) is 0. The van der Waals surface area contributed by atoms with Crippen LogP contribution in [0.3, 0.4) is 0 Å². The fourth-order valence-corrected chi connectivity index (χ4v) is 3.62. The Hall–Kier alpha value is -0.870. The van der Waals surface area contributed by atoms with E-state index in [4.69, 9.17) is 0 Å². The Kier molecular flexibility index (Phi) is 1.85. The molecule has 0 bridgehead atoms. The number of hydrogen-bond acceptors (Lipinski definition) is 4. The van der Waals surface area contributed by atoms with Gasteiger partial charge in [-0.3, -0.25) is 0 Å². The highest BCUT2D eigenvalue weighted by molar-refractivity contribution is 7.16. The van der Waals surface area contributed by atoms with Gasteiger partial charge < -0.3 is 5.32 Å². The summed E-state index contributed by atoms with van der Waals surface area (Å²) >= 11 is 3.63. The molecule has 0 aliphatic heterocycles. The molecule has 72 valence electrons. The molecular formula is C10H10N2S2. The van der Waals surface area contributed by atoms with Gasteiger partial charge in [0.15, 0.2) is 5.13 Å². The standard InChI is InChI=1S/C10H10N2S2/c1-11-10-12-9-6-4-5-13-7(6)2-3-8(9)14-10/h4-5H,2-3H2,1H3,(H,11,12). The lowest BCUT2D eigenvalue weighted by molar-refractivity contribution is 0.979. The van der Waals surface area contributed by atoms with Crippen molar-refractivity contribution in [3.05, 3.63) is 21.2 Å². The lowest BCUT2D eigenvalue weighted by Crippen LogP contribution is -1.97. The molecule has 0 atom stereocenters. The molecule has 2 heterocycles. The summed E-state index contributed by atoms with van der Waals surface area (Å²) in [5.74, 6) is 0. The van der Waals surface area contributed by atoms with E-state index in [1.807, 2.05) is 18.4 Å². The van der Waals surface area contributed by atoms with Crippen LogP contribution in [0.25, 0.3) is 11.3 Å². The van der Waals surface area contributed by atoms with Crippen molar-refractivity contribution in [2.24, 2.45) is 0 Å². The predicted molar refractivity (Wildman–Crippen MR) is 62.4 cm³/mol. The fourth-order valence-electron chi connectivity index (χ4n) is 1.81. The Morgan fingerprint density at radius 1 is 1.36 bits per heavy atom. The quantitative estimate of drug-likeness (QED) is 0.802. The molecule has 0 saturated carbocycles. The van der Waals surface area contributed by atoms with Gasteiger partial charge in [0.2, 0.25) is 0 Å². The highest BCUT2D eigenvalue weighted by Crippen LogP contribution is 2.39. The molecule has 2 aromatic heterocycles. The molecule has 0 radical (unpaired) electrons. The van der Waals surface area contributed by atoms with Crippen molar-refractivity contribution in [3.63, 3.8) is 0 Å². The first-order chi connectivity index (χ1) is 6.88. The van der Waals surface area contributed by atoms with Crippen LogP contribution in [0.5, 0.6) is 0 Å². The monoisotopic (exact) mass is 222 g/mol. The number of thiazole rings is 1. The molecule has 4 heteroatoms. The minimum Gasteiger partial charge on any atom is -0.365 e. The molecule has 0 unspecified atom stereocenters. The highest BCUT2D eigenvalue weighted by atomic mass is 32.1. The normalized spacial score (nSPS) is 13.5. The minimum absolute atomic E-state index is 1.04. The molecule has 0 amide bonds. The molecule has 1 aliphatic carbocycles. The van der Waals surface area contributed by atoms with Crippen LogP contribution in [0.4, 0.5) is 5.13 Å². The van der Waals surface area contributed by atoms with Crippen molar-refractivity contribution >= 4 is 27.8 Å². The third-order valence-corrected chi connectivity index (χ3v) is 4.60. The van der Waals surface area contributed by atoms with E-state index >= 15 is 0 Å². The van der Waals surface area contributed by atoms with Gasteiger partial charge >= 0.3 is 0 Å². The molecule has 0 fully saturated rings. The second-order valence-corrected chi connectivity index (χ2v) is 5.38. The molecule has 1 aliphatic rings. The van der Waals surface area contributed by atoms with Gasteiger partial charge in [-0.2, -0.15) is 0 Å². The van der Waals surface area contributed by atoms with Crippen molar-refractivity contribution in [1.82, 2.24) is 4.98 Å². The Balaban J connectivity index is 2.20. The van der Waals surface area contributed by atoms with Crippen molar-refractivity contribution < 1.29 is 0 Å². The topological polar surface area (TPSA) is 24.9 Å². The predicted octanol–water partition coefficient (Wildman–Crippen LogP) is 3.01. The van der Waals surface area contributed by atoms with Gasteiger partial charge in [-0.15, -0.1) is 22.7 Å². The lowest BCUT2D eigenvalue weighted by atomic mass is 10.0. The minimum atomic E-state index is 1.04. The molecular weight excluding hydrogens is 212 g/mol. The van der Waals surface area contributed by atoms with E-state index in [9.17, 15) is 0 Å². The smallest absolute Gasteiger partial charge is 0.183 e. The second-order valence-electron chi connectivity index (χ2n) is 3.30. The first-order valence-electron chi connectivity index (χ1n) is 4.62. The summed E-state index contributed by atoms with van der Waals surface area (Å²) in [7, 11) is 1.93. The maximum atomic E-state index is 4.60. The average molecular weight is 222 g/mol. The first-order valence-corrected chi connectivity index (χ1v) is 6.32. The van der Waals surface area contributed by atoms with Gasteiger partial charge in [0.25, 0.3) is 0 Å². The first kappa shape index (κ1) is 8.44. The number of nitrogens with zero attached hydrogens (tertiary/aromatic N) is 1. The van der Waals surface area contributed by atoms with Crippen LogP contribution in [-0.2, 0) is 12.8 Å². The van der Waals surface area contributed by atoms with E-state index in [2.05, 4.69) is 21.7 Å². The van der Waals surface area contributed by atoms with Crippen LogP contribution in [0.15, 0.2) is 11.4 Å². The van der Waals surface area contributed by atoms with Gasteiger partial charge in [-0.1, -0.05) is 0 Å². The number of aryl methyl sites for hydroxylation is 2. The highest BCUT2D eigenvalue weighted by Gasteiger charge is 2.21. The van der Waals surface area contributed by atoms with E-state index in [0.717, 1.165) is 11.6 Å². The maximum absolute atomic E-state index is 4.60. The van der Waals surface area contributed by atoms with Crippen LogP contribution >= 0.6 is 22.7 Å². The number of rotatable bonds is 1. The number of nitrogens with one attached hydrogen (secondary N) is 1.